The molecule has 9 heteroatoms. The summed E-state index contributed by atoms with van der Waals surface area (Å²) in [7, 11) is 3.21. The van der Waals surface area contributed by atoms with Crippen molar-refractivity contribution in [2.45, 2.75) is 12.2 Å². The highest BCUT2D eigenvalue weighted by Gasteiger charge is 2.52. The molecule has 0 aliphatic carbocycles. The minimum absolute atomic E-state index is 0.384. The smallest absolute Gasteiger partial charge is 0.325 e. The highest BCUT2D eigenvalue weighted by Crippen LogP contribution is 2.43. The van der Waals surface area contributed by atoms with Crippen LogP contribution in [-0.4, -0.2) is 54.1 Å². The Balaban J connectivity index is 1.69. The summed E-state index contributed by atoms with van der Waals surface area (Å²) in [5.74, 6) is 0.751. The summed E-state index contributed by atoms with van der Waals surface area (Å²) in [6, 6.07) is 14.0. The number of anilines is 1. The summed E-state index contributed by atoms with van der Waals surface area (Å²) >= 11 is 6.30. The maximum atomic E-state index is 12.7. The quantitative estimate of drug-likeness (QED) is 0.821. The van der Waals surface area contributed by atoms with Crippen LogP contribution in [0.2, 0.25) is 5.02 Å². The Morgan fingerprint density at radius 3 is 2.63 bits per heavy atom. The van der Waals surface area contributed by atoms with E-state index in [1.165, 1.54) is 4.90 Å². The molecule has 2 aromatic rings. The number of imide groups is 1. The van der Waals surface area contributed by atoms with Crippen LogP contribution in [0, 0.1) is 0 Å². The van der Waals surface area contributed by atoms with Gasteiger partial charge in [0.05, 0.1) is 18.5 Å². The molecule has 1 saturated heterocycles. The molecule has 0 aromatic heterocycles. The molecule has 3 amide bonds. The number of amides is 3. The summed E-state index contributed by atoms with van der Waals surface area (Å²) in [5.41, 5.74) is 2.45. The standard InChI is InChI=1S/C21H18ClN5O3/c1-25-18-17(19(28)24-21(25)29)26-11-15(12-6-4-3-5-7-12)27(20(26)23-18)14-10-13(22)8-9-16(14)30-2/h3-11,17-18H,1-2H3,(H,24,28,29). The first kappa shape index (κ1) is 18.5. The molecule has 1 N–H and O–H groups in total. The lowest BCUT2D eigenvalue weighted by molar-refractivity contribution is -0.126. The fourth-order valence-corrected chi connectivity index (χ4v) is 4.13. The predicted octanol–water partition coefficient (Wildman–Crippen LogP) is 2.72. The van der Waals surface area contributed by atoms with Gasteiger partial charge < -0.3 is 9.64 Å². The number of nitrogens with zero attached hydrogens (tertiary/aromatic N) is 4. The number of carbonyl (C=O) groups excluding carboxylic acids is 2. The van der Waals surface area contributed by atoms with E-state index in [9.17, 15) is 9.59 Å². The zero-order chi connectivity index (χ0) is 21.0. The number of guanidine groups is 1. The molecule has 8 nitrogen and oxygen atoms in total. The number of methoxy groups -OCH3 is 1. The number of urea groups is 1. The summed E-state index contributed by atoms with van der Waals surface area (Å²) < 4.78 is 5.58. The van der Waals surface area contributed by atoms with Crippen molar-refractivity contribution in [1.82, 2.24) is 15.1 Å². The van der Waals surface area contributed by atoms with Crippen LogP contribution in [0.15, 0.2) is 59.7 Å². The lowest BCUT2D eigenvalue weighted by atomic mass is 10.1. The van der Waals surface area contributed by atoms with Gasteiger partial charge in [-0.3, -0.25) is 19.9 Å². The van der Waals surface area contributed by atoms with E-state index in [1.807, 2.05) is 41.4 Å². The predicted molar refractivity (Wildman–Crippen MR) is 113 cm³/mol. The zero-order valence-electron chi connectivity index (χ0n) is 16.2. The molecule has 0 spiro atoms. The van der Waals surface area contributed by atoms with Gasteiger partial charge in [0.2, 0.25) is 5.96 Å². The van der Waals surface area contributed by atoms with Crippen LogP contribution >= 0.6 is 11.6 Å². The second kappa shape index (κ2) is 6.77. The van der Waals surface area contributed by atoms with Gasteiger partial charge >= 0.3 is 6.03 Å². The van der Waals surface area contributed by atoms with Crippen molar-refractivity contribution in [1.29, 1.82) is 0 Å². The normalized spacial score (nSPS) is 22.4. The molecule has 0 saturated carbocycles. The van der Waals surface area contributed by atoms with Crippen LogP contribution in [0.25, 0.3) is 5.70 Å². The first-order valence-electron chi connectivity index (χ1n) is 9.34. The molecule has 2 atom stereocenters. The zero-order valence-corrected chi connectivity index (χ0v) is 17.0. The van der Waals surface area contributed by atoms with Gasteiger partial charge in [-0.05, 0) is 18.2 Å². The summed E-state index contributed by atoms with van der Waals surface area (Å²) in [4.78, 5) is 34.6. The van der Waals surface area contributed by atoms with Crippen molar-refractivity contribution in [2.75, 3.05) is 19.1 Å². The molecule has 3 aliphatic rings. The molecule has 0 radical (unpaired) electrons. The van der Waals surface area contributed by atoms with Gasteiger partial charge in [-0.15, -0.1) is 0 Å². The number of hydrogen-bond donors (Lipinski definition) is 1. The second-order valence-corrected chi connectivity index (χ2v) is 7.57. The number of ether oxygens (including phenoxy) is 1. The first-order chi connectivity index (χ1) is 14.5. The molecule has 0 bridgehead atoms. The van der Waals surface area contributed by atoms with Gasteiger partial charge in [0.1, 0.15) is 5.75 Å². The molecule has 3 aliphatic heterocycles. The van der Waals surface area contributed by atoms with Crippen molar-refractivity contribution in [3.63, 3.8) is 0 Å². The highest BCUT2D eigenvalue weighted by atomic mass is 35.5. The minimum atomic E-state index is -0.656. The Morgan fingerprint density at radius 2 is 1.90 bits per heavy atom. The summed E-state index contributed by atoms with van der Waals surface area (Å²) in [6.45, 7) is 0. The summed E-state index contributed by atoms with van der Waals surface area (Å²) in [5, 5.41) is 2.93. The van der Waals surface area contributed by atoms with Crippen molar-refractivity contribution in [3.05, 3.63) is 65.3 Å². The van der Waals surface area contributed by atoms with Crippen molar-refractivity contribution in [3.8, 4) is 5.75 Å². The van der Waals surface area contributed by atoms with Crippen LogP contribution in [0.3, 0.4) is 0 Å². The lowest BCUT2D eigenvalue weighted by Gasteiger charge is -2.34. The van der Waals surface area contributed by atoms with Gasteiger partial charge in [-0.1, -0.05) is 41.9 Å². The molecule has 2 aromatic carbocycles. The number of nitrogens with one attached hydrogen (secondary N) is 1. The average molecular weight is 424 g/mol. The van der Waals surface area contributed by atoms with Crippen molar-refractivity contribution in [2.24, 2.45) is 4.99 Å². The van der Waals surface area contributed by atoms with Crippen molar-refractivity contribution >= 4 is 40.9 Å². The van der Waals surface area contributed by atoms with E-state index in [0.717, 1.165) is 11.3 Å². The third kappa shape index (κ3) is 2.64. The Bertz CT molecular complexity index is 1120. The summed E-state index contributed by atoms with van der Waals surface area (Å²) in [6.07, 6.45) is 1.25. The Morgan fingerprint density at radius 1 is 1.13 bits per heavy atom. The van der Waals surface area contributed by atoms with Crippen LogP contribution < -0.4 is 15.0 Å². The van der Waals surface area contributed by atoms with Crippen LogP contribution in [0.5, 0.6) is 5.75 Å². The fraction of sp³-hybridized carbons (Fsp3) is 0.190. The van der Waals surface area contributed by atoms with Crippen LogP contribution in [0.4, 0.5) is 10.5 Å². The number of halogens is 1. The Labute approximate surface area is 178 Å². The monoisotopic (exact) mass is 423 g/mol. The number of benzene rings is 2. The largest absolute Gasteiger partial charge is 0.495 e. The highest BCUT2D eigenvalue weighted by molar-refractivity contribution is 6.31. The second-order valence-electron chi connectivity index (χ2n) is 7.13. The van der Waals surface area contributed by atoms with E-state index in [4.69, 9.17) is 21.3 Å². The molecular formula is C21H18ClN5O3. The third-order valence-electron chi connectivity index (χ3n) is 5.43. The van der Waals surface area contributed by atoms with E-state index in [1.54, 1.807) is 37.3 Å². The Hall–Kier alpha value is -3.52. The first-order valence-corrected chi connectivity index (χ1v) is 9.72. The molecule has 2 unspecified atom stereocenters. The van der Waals surface area contributed by atoms with Crippen LogP contribution in [0.1, 0.15) is 5.56 Å². The number of carbonyl (C=O) groups is 2. The molecule has 30 heavy (non-hydrogen) atoms. The molecular weight excluding hydrogens is 406 g/mol. The molecule has 5 rings (SSSR count). The van der Waals surface area contributed by atoms with Gasteiger partial charge in [0.15, 0.2) is 12.2 Å². The van der Waals surface area contributed by atoms with Gasteiger partial charge in [0.25, 0.3) is 5.91 Å². The van der Waals surface area contributed by atoms with Gasteiger partial charge in [-0.2, -0.15) is 0 Å². The van der Waals surface area contributed by atoms with E-state index in [2.05, 4.69) is 5.32 Å². The number of hydrogen-bond acceptors (Lipinski definition) is 6. The van der Waals surface area contributed by atoms with E-state index in [-0.39, 0.29) is 5.91 Å². The topological polar surface area (TPSA) is 77.5 Å². The Kier molecular flexibility index (Phi) is 4.18. The fourth-order valence-electron chi connectivity index (χ4n) is 3.97. The number of likely N-dealkylation sites (N-methyl/N-ethyl adjacent to an activating group) is 1. The maximum Gasteiger partial charge on any atom is 0.325 e. The molecule has 3 heterocycles. The number of aliphatic imine (C=N–C) groups is 1. The molecule has 152 valence electrons. The van der Waals surface area contributed by atoms with E-state index in [0.29, 0.717) is 22.4 Å². The van der Waals surface area contributed by atoms with Gasteiger partial charge in [0, 0.05) is 23.8 Å². The van der Waals surface area contributed by atoms with E-state index < -0.39 is 18.2 Å². The van der Waals surface area contributed by atoms with Crippen molar-refractivity contribution < 1.29 is 14.3 Å². The number of fused-ring (bicyclic) bond motifs is 3. The van der Waals surface area contributed by atoms with E-state index >= 15 is 0 Å². The molecule has 1 fully saturated rings. The minimum Gasteiger partial charge on any atom is -0.495 e. The SMILES string of the molecule is COc1ccc(Cl)cc1N1C(c2ccccc2)=CN2C1=NC1C2C(=O)NC(=O)N1C. The third-order valence-corrected chi connectivity index (χ3v) is 5.67. The van der Waals surface area contributed by atoms with Gasteiger partial charge in [-0.25, -0.2) is 9.79 Å². The number of rotatable bonds is 3. The van der Waals surface area contributed by atoms with Crippen LogP contribution in [-0.2, 0) is 4.79 Å². The lowest BCUT2D eigenvalue weighted by Crippen LogP contribution is -2.62. The average Bonchev–Trinajstić information content (AvgIpc) is 3.29. The maximum absolute atomic E-state index is 12.7.